The molecule has 1 aromatic carbocycles. The van der Waals surface area contributed by atoms with Crippen molar-refractivity contribution in [1.29, 1.82) is 0 Å². The quantitative estimate of drug-likeness (QED) is 0.899. The second kappa shape index (κ2) is 6.06. The van der Waals surface area contributed by atoms with Gasteiger partial charge in [0.2, 0.25) is 0 Å². The molecule has 1 atom stereocenters. The third-order valence-electron chi connectivity index (χ3n) is 3.24. The molecule has 1 heterocycles. The number of ether oxygens (including phenoxy) is 1. The van der Waals surface area contributed by atoms with Gasteiger partial charge in [0.25, 0.3) is 0 Å². The number of aryl methyl sites for hydroxylation is 1. The van der Waals surface area contributed by atoms with Crippen LogP contribution in [0.5, 0.6) is 11.5 Å². The molecule has 2 N–H and O–H groups in total. The molecule has 0 bridgehead atoms. The van der Waals surface area contributed by atoms with E-state index >= 15 is 0 Å². The molecule has 0 amide bonds. The lowest BCUT2D eigenvalue weighted by molar-refractivity contribution is 0.469. The number of pyridine rings is 1. The Labute approximate surface area is 120 Å². The highest BCUT2D eigenvalue weighted by atomic mass is 16.5. The first kappa shape index (κ1) is 14.5. The van der Waals surface area contributed by atoms with Crippen molar-refractivity contribution in [2.45, 2.75) is 39.7 Å². The molecular formula is C17H22N2O. The highest BCUT2D eigenvalue weighted by Gasteiger charge is 2.09. The van der Waals surface area contributed by atoms with Crippen molar-refractivity contribution in [3.63, 3.8) is 0 Å². The molecule has 0 aliphatic heterocycles. The number of hydrogen-bond donors (Lipinski definition) is 1. The van der Waals surface area contributed by atoms with Crippen molar-refractivity contribution >= 4 is 0 Å². The highest BCUT2D eigenvalue weighted by molar-refractivity contribution is 5.41. The SMILES string of the molecule is Cc1ccc(C(C)C)c(Oc2ccc([C@H](C)N)nc2)c1. The number of benzene rings is 1. The van der Waals surface area contributed by atoms with E-state index in [-0.39, 0.29) is 6.04 Å². The van der Waals surface area contributed by atoms with E-state index in [4.69, 9.17) is 10.5 Å². The molecule has 3 heteroatoms. The average molecular weight is 270 g/mol. The first-order valence-electron chi connectivity index (χ1n) is 6.97. The van der Waals surface area contributed by atoms with E-state index in [2.05, 4.69) is 44.0 Å². The van der Waals surface area contributed by atoms with Crippen LogP contribution in [0.15, 0.2) is 36.5 Å². The van der Waals surface area contributed by atoms with Crippen molar-refractivity contribution in [1.82, 2.24) is 4.98 Å². The number of aromatic nitrogens is 1. The minimum atomic E-state index is -0.0609. The molecule has 2 aromatic rings. The van der Waals surface area contributed by atoms with Gasteiger partial charge in [0.1, 0.15) is 11.5 Å². The largest absolute Gasteiger partial charge is 0.455 e. The van der Waals surface area contributed by atoms with Crippen molar-refractivity contribution in [2.75, 3.05) is 0 Å². The third kappa shape index (κ3) is 3.36. The molecule has 1 aromatic heterocycles. The fourth-order valence-electron chi connectivity index (χ4n) is 2.06. The Kier molecular flexibility index (Phi) is 4.40. The highest BCUT2D eigenvalue weighted by Crippen LogP contribution is 2.31. The van der Waals surface area contributed by atoms with E-state index in [0.717, 1.165) is 17.2 Å². The summed E-state index contributed by atoms with van der Waals surface area (Å²) in [4.78, 5) is 4.32. The van der Waals surface area contributed by atoms with Crippen LogP contribution >= 0.6 is 0 Å². The molecule has 0 unspecified atom stereocenters. The second-order valence-electron chi connectivity index (χ2n) is 5.51. The van der Waals surface area contributed by atoms with Crippen LogP contribution in [0.2, 0.25) is 0 Å². The van der Waals surface area contributed by atoms with Crippen LogP contribution in [0, 0.1) is 6.92 Å². The van der Waals surface area contributed by atoms with Gasteiger partial charge in [0, 0.05) is 6.04 Å². The summed E-state index contributed by atoms with van der Waals surface area (Å²) in [5, 5.41) is 0. The maximum absolute atomic E-state index is 5.98. The summed E-state index contributed by atoms with van der Waals surface area (Å²) in [5.41, 5.74) is 9.05. The number of nitrogens with two attached hydrogens (primary N) is 1. The fraction of sp³-hybridized carbons (Fsp3) is 0.353. The molecule has 106 valence electrons. The van der Waals surface area contributed by atoms with Gasteiger partial charge in [0.05, 0.1) is 11.9 Å². The smallest absolute Gasteiger partial charge is 0.145 e. The third-order valence-corrected chi connectivity index (χ3v) is 3.24. The minimum Gasteiger partial charge on any atom is -0.455 e. The van der Waals surface area contributed by atoms with Crippen LogP contribution < -0.4 is 10.5 Å². The number of nitrogens with zero attached hydrogens (tertiary/aromatic N) is 1. The molecule has 2 rings (SSSR count). The molecule has 20 heavy (non-hydrogen) atoms. The van der Waals surface area contributed by atoms with Gasteiger partial charge in [-0.05, 0) is 49.1 Å². The molecule has 0 saturated carbocycles. The predicted octanol–water partition coefficient (Wildman–Crippen LogP) is 4.33. The number of hydrogen-bond acceptors (Lipinski definition) is 3. The van der Waals surface area contributed by atoms with E-state index in [0.29, 0.717) is 5.92 Å². The van der Waals surface area contributed by atoms with E-state index in [1.807, 2.05) is 19.1 Å². The standard InChI is InChI=1S/C17H22N2O/c1-11(2)15-7-5-12(3)9-17(15)20-14-6-8-16(13(4)18)19-10-14/h5-11,13H,18H2,1-4H3/t13-/m0/s1. The monoisotopic (exact) mass is 270 g/mol. The summed E-state index contributed by atoms with van der Waals surface area (Å²) in [7, 11) is 0. The van der Waals surface area contributed by atoms with Crippen LogP contribution in [0.3, 0.4) is 0 Å². The van der Waals surface area contributed by atoms with E-state index in [1.165, 1.54) is 11.1 Å². The van der Waals surface area contributed by atoms with Crippen molar-refractivity contribution < 1.29 is 4.74 Å². The summed E-state index contributed by atoms with van der Waals surface area (Å²) in [6.45, 7) is 8.30. The molecule has 0 radical (unpaired) electrons. The van der Waals surface area contributed by atoms with Gasteiger partial charge in [-0.2, -0.15) is 0 Å². The predicted molar refractivity (Wildman–Crippen MR) is 82.2 cm³/mol. The zero-order chi connectivity index (χ0) is 14.7. The van der Waals surface area contributed by atoms with Gasteiger partial charge < -0.3 is 10.5 Å². The maximum Gasteiger partial charge on any atom is 0.145 e. The lowest BCUT2D eigenvalue weighted by Crippen LogP contribution is -2.06. The molecule has 0 saturated heterocycles. The second-order valence-corrected chi connectivity index (χ2v) is 5.51. The van der Waals surface area contributed by atoms with Crippen LogP contribution in [0.1, 0.15) is 49.6 Å². The Hall–Kier alpha value is -1.87. The van der Waals surface area contributed by atoms with Gasteiger partial charge in [0.15, 0.2) is 0 Å². The molecule has 0 fully saturated rings. The Bertz CT molecular complexity index is 574. The lowest BCUT2D eigenvalue weighted by Gasteiger charge is -2.15. The summed E-state index contributed by atoms with van der Waals surface area (Å²) in [6, 6.07) is 10.1. The zero-order valence-electron chi connectivity index (χ0n) is 12.6. The van der Waals surface area contributed by atoms with Gasteiger partial charge in [-0.3, -0.25) is 4.98 Å². The first-order chi connectivity index (χ1) is 9.47. The Morgan fingerprint density at radius 3 is 2.40 bits per heavy atom. The lowest BCUT2D eigenvalue weighted by atomic mass is 10.0. The summed E-state index contributed by atoms with van der Waals surface area (Å²) >= 11 is 0. The molecule has 0 spiro atoms. The topological polar surface area (TPSA) is 48.1 Å². The van der Waals surface area contributed by atoms with Crippen LogP contribution in [-0.4, -0.2) is 4.98 Å². The maximum atomic E-state index is 5.98. The number of rotatable bonds is 4. The van der Waals surface area contributed by atoms with Crippen molar-refractivity contribution in [3.05, 3.63) is 53.3 Å². The normalized spacial score (nSPS) is 12.5. The van der Waals surface area contributed by atoms with Crippen molar-refractivity contribution in [2.24, 2.45) is 5.73 Å². The molecular weight excluding hydrogens is 248 g/mol. The van der Waals surface area contributed by atoms with Crippen LogP contribution in [-0.2, 0) is 0 Å². The van der Waals surface area contributed by atoms with Gasteiger partial charge in [-0.25, -0.2) is 0 Å². The fourth-order valence-corrected chi connectivity index (χ4v) is 2.06. The Morgan fingerprint density at radius 1 is 1.10 bits per heavy atom. The summed E-state index contributed by atoms with van der Waals surface area (Å²) in [6.07, 6.45) is 1.73. The van der Waals surface area contributed by atoms with Crippen LogP contribution in [0.4, 0.5) is 0 Å². The Morgan fingerprint density at radius 2 is 1.85 bits per heavy atom. The molecule has 3 nitrogen and oxygen atoms in total. The molecule has 0 aliphatic rings. The summed E-state index contributed by atoms with van der Waals surface area (Å²) in [5.74, 6) is 2.05. The van der Waals surface area contributed by atoms with Gasteiger partial charge >= 0.3 is 0 Å². The average Bonchev–Trinajstić information content (AvgIpc) is 2.39. The van der Waals surface area contributed by atoms with Gasteiger partial charge in [-0.1, -0.05) is 26.0 Å². The van der Waals surface area contributed by atoms with Crippen molar-refractivity contribution in [3.8, 4) is 11.5 Å². The Balaban J connectivity index is 2.27. The zero-order valence-corrected chi connectivity index (χ0v) is 12.6. The minimum absolute atomic E-state index is 0.0609. The molecule has 0 aliphatic carbocycles. The van der Waals surface area contributed by atoms with E-state index in [1.54, 1.807) is 6.20 Å². The van der Waals surface area contributed by atoms with E-state index < -0.39 is 0 Å². The van der Waals surface area contributed by atoms with Crippen LogP contribution in [0.25, 0.3) is 0 Å². The van der Waals surface area contributed by atoms with E-state index in [9.17, 15) is 0 Å². The first-order valence-corrected chi connectivity index (χ1v) is 6.97. The summed E-state index contributed by atoms with van der Waals surface area (Å²) < 4.78 is 5.98. The van der Waals surface area contributed by atoms with Gasteiger partial charge in [-0.15, -0.1) is 0 Å².